The molecule has 2 rings (SSSR count). The molecule has 36 heavy (non-hydrogen) atoms. The normalized spacial score (nSPS) is 11.9. The second-order valence-electron chi connectivity index (χ2n) is 6.84. The number of benzene rings is 2. The standard InChI is InChI=1S/C18H22N4O8S4.2Na/c1-19-18(31)20-14-8-6-12(16(10-14)32(23,24)25)4-5-13-7-9-15(11-17(13)33(26,27)28)21-34(29,30)22(2)3;;/h4-11,21H,1-3H3,(H2,19,20,31)(H,23,24,25)(H,26,27,28);;/q;2*+1/p-2. The Morgan fingerprint density at radius 1 is 0.833 bits per heavy atom. The summed E-state index contributed by atoms with van der Waals surface area (Å²) in [7, 11) is -9.94. The van der Waals surface area contributed by atoms with Crippen LogP contribution in [0.15, 0.2) is 46.2 Å². The fourth-order valence-electron chi connectivity index (χ4n) is 2.53. The average Bonchev–Trinajstić information content (AvgIpc) is 2.71. The van der Waals surface area contributed by atoms with E-state index in [0.717, 1.165) is 34.7 Å². The van der Waals surface area contributed by atoms with Crippen LogP contribution in [-0.4, -0.2) is 64.9 Å². The maximum Gasteiger partial charge on any atom is 1.00 e. The number of thiocarbonyl (C=S) groups is 1. The molecular weight excluding hydrogens is 574 g/mol. The van der Waals surface area contributed by atoms with Crippen molar-refractivity contribution in [2.24, 2.45) is 0 Å². The van der Waals surface area contributed by atoms with Crippen molar-refractivity contribution in [1.29, 1.82) is 0 Å². The molecule has 3 N–H and O–H groups in total. The third-order valence-electron chi connectivity index (χ3n) is 4.22. The number of nitrogens with zero attached hydrogens (tertiary/aromatic N) is 1. The van der Waals surface area contributed by atoms with Gasteiger partial charge in [0.25, 0.3) is 0 Å². The minimum absolute atomic E-state index is 0. The van der Waals surface area contributed by atoms with E-state index >= 15 is 0 Å². The van der Waals surface area contributed by atoms with Crippen molar-refractivity contribution in [3.63, 3.8) is 0 Å². The Morgan fingerprint density at radius 2 is 1.25 bits per heavy atom. The Bertz CT molecular complexity index is 1460. The van der Waals surface area contributed by atoms with Gasteiger partial charge in [0.1, 0.15) is 20.2 Å². The van der Waals surface area contributed by atoms with Crippen molar-refractivity contribution in [1.82, 2.24) is 9.62 Å². The summed E-state index contributed by atoms with van der Waals surface area (Å²) in [5.41, 5.74) is -0.205. The van der Waals surface area contributed by atoms with E-state index in [4.69, 9.17) is 12.2 Å². The van der Waals surface area contributed by atoms with Crippen LogP contribution < -0.4 is 74.5 Å². The van der Waals surface area contributed by atoms with Gasteiger partial charge >= 0.3 is 69.3 Å². The van der Waals surface area contributed by atoms with Crippen molar-refractivity contribution in [2.45, 2.75) is 9.79 Å². The van der Waals surface area contributed by atoms with Crippen molar-refractivity contribution in [3.8, 4) is 0 Å². The molecule has 0 fully saturated rings. The summed E-state index contributed by atoms with van der Waals surface area (Å²) < 4.78 is 97.5. The summed E-state index contributed by atoms with van der Waals surface area (Å²) in [6.07, 6.45) is 2.25. The van der Waals surface area contributed by atoms with Gasteiger partial charge in [-0.25, -0.2) is 16.8 Å². The Kier molecular flexibility index (Phi) is 13.7. The van der Waals surface area contributed by atoms with Crippen LogP contribution in [0.4, 0.5) is 11.4 Å². The molecule has 18 heteroatoms. The molecule has 0 aliphatic carbocycles. The molecule has 0 aliphatic heterocycles. The van der Waals surface area contributed by atoms with Crippen LogP contribution >= 0.6 is 12.2 Å². The summed E-state index contributed by atoms with van der Waals surface area (Å²) in [5, 5.41) is 5.48. The van der Waals surface area contributed by atoms with Gasteiger partial charge < -0.3 is 19.7 Å². The van der Waals surface area contributed by atoms with Crippen LogP contribution in [0.1, 0.15) is 11.1 Å². The van der Waals surface area contributed by atoms with Crippen LogP contribution in [0.25, 0.3) is 12.2 Å². The smallest absolute Gasteiger partial charge is 0.744 e. The van der Waals surface area contributed by atoms with E-state index in [-0.39, 0.29) is 86.7 Å². The molecule has 0 atom stereocenters. The van der Waals surface area contributed by atoms with Gasteiger partial charge in [-0.2, -0.15) is 12.7 Å². The second kappa shape index (κ2) is 14.0. The first kappa shape index (κ1) is 35.4. The van der Waals surface area contributed by atoms with E-state index in [9.17, 15) is 34.4 Å². The summed E-state index contributed by atoms with van der Waals surface area (Å²) in [5.74, 6) is 0. The van der Waals surface area contributed by atoms with Crippen molar-refractivity contribution < 1.29 is 93.5 Å². The Labute approximate surface area is 260 Å². The zero-order chi connectivity index (χ0) is 25.9. The van der Waals surface area contributed by atoms with Crippen LogP contribution in [0.2, 0.25) is 0 Å². The van der Waals surface area contributed by atoms with E-state index in [0.29, 0.717) is 0 Å². The van der Waals surface area contributed by atoms with E-state index in [1.54, 1.807) is 0 Å². The molecule has 0 heterocycles. The molecule has 0 radical (unpaired) electrons. The number of hydrogen-bond donors (Lipinski definition) is 3. The zero-order valence-electron chi connectivity index (χ0n) is 20.0. The topological polar surface area (TPSA) is 188 Å². The Morgan fingerprint density at radius 3 is 1.64 bits per heavy atom. The Hall–Kier alpha value is -0.600. The first-order valence-corrected chi connectivity index (χ1v) is 13.8. The maximum atomic E-state index is 12.0. The summed E-state index contributed by atoms with van der Waals surface area (Å²) >= 11 is 4.93. The number of anilines is 2. The molecule has 2 aromatic rings. The van der Waals surface area contributed by atoms with Gasteiger partial charge in [0.2, 0.25) is 0 Å². The van der Waals surface area contributed by atoms with E-state index in [1.807, 2.05) is 0 Å². The SMILES string of the molecule is CNC(=S)Nc1ccc(C=Cc2ccc(NS(=O)(=O)N(C)C)cc2S(=O)(=O)[O-])c(S(=O)(=O)[O-])c1.[Na+].[Na+]. The number of nitrogens with one attached hydrogen (secondary N) is 3. The molecule has 0 saturated heterocycles. The molecule has 0 aliphatic rings. The predicted octanol–water partition coefficient (Wildman–Crippen LogP) is -5.19. The average molecular weight is 595 g/mol. The van der Waals surface area contributed by atoms with Crippen LogP contribution in [-0.2, 0) is 30.4 Å². The van der Waals surface area contributed by atoms with Gasteiger partial charge in [0, 0.05) is 26.8 Å². The first-order valence-electron chi connectivity index (χ1n) is 9.11. The fraction of sp³-hybridized carbons (Fsp3) is 0.167. The van der Waals surface area contributed by atoms with Crippen molar-refractivity contribution in [2.75, 3.05) is 31.2 Å². The van der Waals surface area contributed by atoms with Gasteiger partial charge in [0.15, 0.2) is 5.11 Å². The maximum absolute atomic E-state index is 12.0. The third kappa shape index (κ3) is 9.94. The summed E-state index contributed by atoms with van der Waals surface area (Å²) in [4.78, 5) is -1.37. The minimum Gasteiger partial charge on any atom is -0.744 e. The molecule has 186 valence electrons. The van der Waals surface area contributed by atoms with Gasteiger partial charge in [-0.3, -0.25) is 4.72 Å². The van der Waals surface area contributed by atoms with Gasteiger partial charge in [-0.05, 0) is 47.6 Å². The first-order chi connectivity index (χ1) is 15.5. The molecule has 0 bridgehead atoms. The molecule has 0 amide bonds. The number of hydrogen-bond acceptors (Lipinski definition) is 9. The van der Waals surface area contributed by atoms with Gasteiger partial charge in [-0.15, -0.1) is 0 Å². The molecular formula is C18H20N4Na2O8S4. The van der Waals surface area contributed by atoms with Crippen LogP contribution in [0, 0.1) is 0 Å². The van der Waals surface area contributed by atoms with Crippen LogP contribution in [0.3, 0.4) is 0 Å². The second-order valence-corrected chi connectivity index (χ2v) is 11.8. The predicted molar refractivity (Wildman–Crippen MR) is 129 cm³/mol. The molecule has 0 saturated carbocycles. The minimum atomic E-state index is -5.06. The number of rotatable bonds is 8. The molecule has 0 spiro atoms. The zero-order valence-corrected chi connectivity index (χ0v) is 27.2. The molecule has 12 nitrogen and oxygen atoms in total. The van der Waals surface area contributed by atoms with Crippen LogP contribution in [0.5, 0.6) is 0 Å². The van der Waals surface area contributed by atoms with Crippen molar-refractivity contribution >= 4 is 71.3 Å². The molecule has 0 aromatic heterocycles. The summed E-state index contributed by atoms with van der Waals surface area (Å²) in [6, 6.07) is 6.97. The Balaban J connectivity index is 0.00000612. The van der Waals surface area contributed by atoms with Gasteiger partial charge in [0.05, 0.1) is 15.5 Å². The van der Waals surface area contributed by atoms with Crippen molar-refractivity contribution in [3.05, 3.63) is 47.5 Å². The monoisotopic (exact) mass is 594 g/mol. The fourth-order valence-corrected chi connectivity index (χ4v) is 4.65. The quantitative estimate of drug-likeness (QED) is 0.115. The third-order valence-corrected chi connectivity index (χ3v) is 7.77. The molecule has 2 aromatic carbocycles. The van der Waals surface area contributed by atoms with E-state index < -0.39 is 40.2 Å². The van der Waals surface area contributed by atoms with E-state index in [1.165, 1.54) is 39.3 Å². The molecule has 0 unspecified atom stereocenters. The van der Waals surface area contributed by atoms with E-state index in [2.05, 4.69) is 15.4 Å². The summed E-state index contributed by atoms with van der Waals surface area (Å²) in [6.45, 7) is 0. The van der Waals surface area contributed by atoms with Gasteiger partial charge in [-0.1, -0.05) is 24.3 Å². The largest absolute Gasteiger partial charge is 1.00 e.